The molecule has 1 saturated carbocycles. The SMILES string of the molecule is COCOc1cc(C)ccc1[C@@]1(CO)CCC1=O. The fraction of sp³-hybridized carbons (Fsp3) is 0.500. The minimum absolute atomic E-state index is 0.0797. The number of ether oxygens (including phenoxy) is 2. The molecule has 4 nitrogen and oxygen atoms in total. The quantitative estimate of drug-likeness (QED) is 0.806. The summed E-state index contributed by atoms with van der Waals surface area (Å²) in [4.78, 5) is 11.8. The van der Waals surface area contributed by atoms with Gasteiger partial charge in [0, 0.05) is 19.1 Å². The van der Waals surface area contributed by atoms with Crippen molar-refractivity contribution < 1.29 is 19.4 Å². The molecule has 0 heterocycles. The van der Waals surface area contributed by atoms with Crippen LogP contribution in [0, 0.1) is 6.92 Å². The molecule has 0 amide bonds. The van der Waals surface area contributed by atoms with E-state index in [4.69, 9.17) is 9.47 Å². The van der Waals surface area contributed by atoms with Crippen LogP contribution in [0.3, 0.4) is 0 Å². The molecule has 0 aromatic heterocycles. The van der Waals surface area contributed by atoms with E-state index < -0.39 is 5.41 Å². The topological polar surface area (TPSA) is 55.8 Å². The third-order valence-corrected chi connectivity index (χ3v) is 3.57. The standard InChI is InChI=1S/C14H18O4/c1-10-3-4-11(12(7-10)18-9-17-2)14(8-15)6-5-13(14)16/h3-4,7,15H,5-6,8-9H2,1-2H3/t14-/m0/s1. The van der Waals surface area contributed by atoms with Crippen molar-refractivity contribution in [1.82, 2.24) is 0 Å². The Labute approximate surface area is 107 Å². The van der Waals surface area contributed by atoms with E-state index >= 15 is 0 Å². The number of hydrogen-bond acceptors (Lipinski definition) is 4. The third kappa shape index (κ3) is 2.02. The van der Waals surface area contributed by atoms with E-state index in [1.54, 1.807) is 7.11 Å². The largest absolute Gasteiger partial charge is 0.467 e. The van der Waals surface area contributed by atoms with Crippen molar-refractivity contribution in [2.45, 2.75) is 25.2 Å². The lowest BCUT2D eigenvalue weighted by molar-refractivity contribution is -0.134. The second-order valence-electron chi connectivity index (χ2n) is 4.71. The lowest BCUT2D eigenvalue weighted by Gasteiger charge is -2.39. The molecule has 1 aromatic rings. The minimum Gasteiger partial charge on any atom is -0.467 e. The van der Waals surface area contributed by atoms with Gasteiger partial charge in [-0.2, -0.15) is 0 Å². The summed E-state index contributed by atoms with van der Waals surface area (Å²) in [5.74, 6) is 0.704. The number of ketones is 1. The number of Topliss-reactive ketones (excluding diaryl/α,β-unsaturated/α-hetero) is 1. The Balaban J connectivity index is 2.39. The molecule has 1 N–H and O–H groups in total. The van der Waals surface area contributed by atoms with Gasteiger partial charge in [0.05, 0.1) is 12.0 Å². The minimum atomic E-state index is -0.767. The molecule has 98 valence electrons. The maximum Gasteiger partial charge on any atom is 0.188 e. The first-order valence-corrected chi connectivity index (χ1v) is 6.01. The van der Waals surface area contributed by atoms with Crippen molar-refractivity contribution in [1.29, 1.82) is 0 Å². The van der Waals surface area contributed by atoms with E-state index in [1.165, 1.54) is 0 Å². The molecule has 0 spiro atoms. The Hall–Kier alpha value is -1.39. The summed E-state index contributed by atoms with van der Waals surface area (Å²) in [6.07, 6.45) is 1.20. The highest BCUT2D eigenvalue weighted by molar-refractivity contribution is 5.96. The number of hydrogen-bond donors (Lipinski definition) is 1. The van der Waals surface area contributed by atoms with E-state index in [0.717, 1.165) is 11.1 Å². The van der Waals surface area contributed by atoms with Gasteiger partial charge in [-0.1, -0.05) is 12.1 Å². The average molecular weight is 250 g/mol. The lowest BCUT2D eigenvalue weighted by atomic mass is 9.63. The van der Waals surface area contributed by atoms with Gasteiger partial charge >= 0.3 is 0 Å². The summed E-state index contributed by atoms with van der Waals surface area (Å²) < 4.78 is 10.4. The highest BCUT2D eigenvalue weighted by Gasteiger charge is 2.48. The van der Waals surface area contributed by atoms with E-state index in [0.29, 0.717) is 18.6 Å². The predicted molar refractivity (Wildman–Crippen MR) is 66.7 cm³/mol. The summed E-state index contributed by atoms with van der Waals surface area (Å²) in [6.45, 7) is 1.92. The van der Waals surface area contributed by atoms with Gasteiger partial charge in [-0.15, -0.1) is 0 Å². The highest BCUT2D eigenvalue weighted by atomic mass is 16.7. The van der Waals surface area contributed by atoms with Crippen molar-refractivity contribution in [3.05, 3.63) is 29.3 Å². The molecule has 0 unspecified atom stereocenters. The van der Waals surface area contributed by atoms with Crippen LogP contribution in [0.5, 0.6) is 5.75 Å². The van der Waals surface area contributed by atoms with Gasteiger partial charge in [0.25, 0.3) is 0 Å². The summed E-state index contributed by atoms with van der Waals surface area (Å²) in [6, 6.07) is 5.67. The molecular weight excluding hydrogens is 232 g/mol. The summed E-state index contributed by atoms with van der Waals surface area (Å²) in [7, 11) is 1.55. The second kappa shape index (κ2) is 5.08. The molecule has 1 aliphatic rings. The first-order chi connectivity index (χ1) is 8.64. The number of aryl methyl sites for hydroxylation is 1. The van der Waals surface area contributed by atoms with Gasteiger partial charge in [-0.25, -0.2) is 0 Å². The predicted octanol–water partition coefficient (Wildman–Crippen LogP) is 1.57. The van der Waals surface area contributed by atoms with Crippen LogP contribution >= 0.6 is 0 Å². The number of aliphatic hydroxyl groups excluding tert-OH is 1. The van der Waals surface area contributed by atoms with Crippen LogP contribution in [0.2, 0.25) is 0 Å². The fourth-order valence-electron chi connectivity index (χ4n) is 2.33. The van der Waals surface area contributed by atoms with Crippen molar-refractivity contribution in [3.8, 4) is 5.75 Å². The van der Waals surface area contributed by atoms with Crippen LogP contribution in [0.4, 0.5) is 0 Å². The van der Waals surface area contributed by atoms with Gasteiger partial charge in [-0.05, 0) is 25.0 Å². The maximum atomic E-state index is 11.8. The van der Waals surface area contributed by atoms with Crippen molar-refractivity contribution in [2.24, 2.45) is 0 Å². The zero-order valence-corrected chi connectivity index (χ0v) is 10.7. The van der Waals surface area contributed by atoms with Gasteiger partial charge in [0.2, 0.25) is 0 Å². The van der Waals surface area contributed by atoms with E-state index in [1.807, 2.05) is 25.1 Å². The van der Waals surface area contributed by atoms with Crippen molar-refractivity contribution in [3.63, 3.8) is 0 Å². The smallest absolute Gasteiger partial charge is 0.188 e. The lowest BCUT2D eigenvalue weighted by Crippen LogP contribution is -2.48. The number of methoxy groups -OCH3 is 1. The number of aliphatic hydroxyl groups is 1. The molecule has 1 fully saturated rings. The number of carbonyl (C=O) groups is 1. The van der Waals surface area contributed by atoms with Gasteiger partial charge < -0.3 is 14.6 Å². The second-order valence-corrected chi connectivity index (χ2v) is 4.71. The Kier molecular flexibility index (Phi) is 3.68. The molecule has 1 atom stereocenters. The van der Waals surface area contributed by atoms with E-state index in [2.05, 4.69) is 0 Å². The van der Waals surface area contributed by atoms with Crippen LogP contribution in [0.25, 0.3) is 0 Å². The Morgan fingerprint density at radius 1 is 1.44 bits per heavy atom. The van der Waals surface area contributed by atoms with Crippen LogP contribution in [-0.2, 0) is 14.9 Å². The summed E-state index contributed by atoms with van der Waals surface area (Å²) in [5, 5.41) is 9.57. The van der Waals surface area contributed by atoms with Crippen LogP contribution in [0.1, 0.15) is 24.0 Å². The molecule has 2 rings (SSSR count). The molecule has 0 radical (unpaired) electrons. The molecule has 0 aliphatic heterocycles. The number of carbonyl (C=O) groups excluding carboxylic acids is 1. The Morgan fingerprint density at radius 3 is 2.72 bits per heavy atom. The normalized spacial score (nSPS) is 22.7. The van der Waals surface area contributed by atoms with Crippen LogP contribution in [-0.4, -0.2) is 31.4 Å². The van der Waals surface area contributed by atoms with Crippen molar-refractivity contribution in [2.75, 3.05) is 20.5 Å². The number of benzene rings is 1. The maximum absolute atomic E-state index is 11.8. The molecule has 18 heavy (non-hydrogen) atoms. The number of rotatable bonds is 5. The van der Waals surface area contributed by atoms with Gasteiger partial charge in [-0.3, -0.25) is 4.79 Å². The Morgan fingerprint density at radius 2 is 2.22 bits per heavy atom. The monoisotopic (exact) mass is 250 g/mol. The molecule has 1 aromatic carbocycles. The molecule has 1 aliphatic carbocycles. The molecule has 0 saturated heterocycles. The van der Waals surface area contributed by atoms with E-state index in [-0.39, 0.29) is 19.2 Å². The van der Waals surface area contributed by atoms with Crippen LogP contribution < -0.4 is 4.74 Å². The summed E-state index contributed by atoms with van der Waals surface area (Å²) in [5.41, 5.74) is 1.05. The summed E-state index contributed by atoms with van der Waals surface area (Å²) >= 11 is 0. The Bertz CT molecular complexity index is 451. The zero-order chi connectivity index (χ0) is 13.2. The third-order valence-electron chi connectivity index (χ3n) is 3.57. The molecular formula is C14H18O4. The first-order valence-electron chi connectivity index (χ1n) is 6.01. The molecule has 4 heteroatoms. The van der Waals surface area contributed by atoms with Gasteiger partial charge in [0.15, 0.2) is 6.79 Å². The van der Waals surface area contributed by atoms with E-state index in [9.17, 15) is 9.90 Å². The average Bonchev–Trinajstić information content (AvgIpc) is 2.37. The van der Waals surface area contributed by atoms with Gasteiger partial charge in [0.1, 0.15) is 11.5 Å². The highest BCUT2D eigenvalue weighted by Crippen LogP contribution is 2.44. The first kappa shape index (κ1) is 13.1. The molecule has 0 bridgehead atoms. The van der Waals surface area contributed by atoms with Crippen LogP contribution in [0.15, 0.2) is 18.2 Å². The van der Waals surface area contributed by atoms with Crippen molar-refractivity contribution >= 4 is 5.78 Å². The fourth-order valence-corrected chi connectivity index (χ4v) is 2.33. The zero-order valence-electron chi connectivity index (χ0n) is 10.7.